The molecule has 8 heteroatoms. The lowest BCUT2D eigenvalue weighted by Crippen LogP contribution is -2.24. The van der Waals surface area contributed by atoms with Gasteiger partial charge in [-0.3, -0.25) is 19.2 Å². The molecule has 0 saturated carbocycles. The molecular formula is C16H14N2O5S. The van der Waals surface area contributed by atoms with Gasteiger partial charge in [0, 0.05) is 7.05 Å². The molecule has 1 heterocycles. The van der Waals surface area contributed by atoms with E-state index in [2.05, 4.69) is 4.72 Å². The maximum absolute atomic E-state index is 12.5. The van der Waals surface area contributed by atoms with E-state index in [1.165, 1.54) is 56.6 Å². The van der Waals surface area contributed by atoms with Crippen LogP contribution in [0.2, 0.25) is 0 Å². The minimum Gasteiger partial charge on any atom is -0.497 e. The van der Waals surface area contributed by atoms with E-state index in [4.69, 9.17) is 4.74 Å². The van der Waals surface area contributed by atoms with Crippen molar-refractivity contribution in [3.05, 3.63) is 53.6 Å². The molecule has 0 unspecified atom stereocenters. The Morgan fingerprint density at radius 1 is 1.00 bits per heavy atom. The predicted molar refractivity (Wildman–Crippen MR) is 86.7 cm³/mol. The highest BCUT2D eigenvalue weighted by Crippen LogP contribution is 2.30. The van der Waals surface area contributed by atoms with Crippen molar-refractivity contribution >= 4 is 27.5 Å². The maximum Gasteiger partial charge on any atom is 0.263 e. The number of benzene rings is 2. The monoisotopic (exact) mass is 346 g/mol. The first-order chi connectivity index (χ1) is 11.3. The number of hydrogen-bond acceptors (Lipinski definition) is 5. The third-order valence-electron chi connectivity index (χ3n) is 3.73. The highest BCUT2D eigenvalue weighted by Gasteiger charge is 2.35. The first-order valence-electron chi connectivity index (χ1n) is 6.97. The van der Waals surface area contributed by atoms with Crippen LogP contribution in [0.15, 0.2) is 47.4 Å². The summed E-state index contributed by atoms with van der Waals surface area (Å²) in [6.45, 7) is 0. The predicted octanol–water partition coefficient (Wildman–Crippen LogP) is 1.72. The molecule has 2 aromatic carbocycles. The summed E-state index contributed by atoms with van der Waals surface area (Å²) < 4.78 is 32.4. The molecule has 0 atom stereocenters. The Bertz CT molecular complexity index is 935. The third-order valence-corrected chi connectivity index (χ3v) is 5.11. The van der Waals surface area contributed by atoms with Crippen LogP contribution < -0.4 is 9.46 Å². The summed E-state index contributed by atoms with van der Waals surface area (Å²) in [5, 5.41) is 0. The molecule has 1 aliphatic rings. The largest absolute Gasteiger partial charge is 0.497 e. The Morgan fingerprint density at radius 2 is 1.67 bits per heavy atom. The molecule has 0 aromatic heterocycles. The Kier molecular flexibility index (Phi) is 3.76. The molecule has 0 aliphatic carbocycles. The van der Waals surface area contributed by atoms with Crippen molar-refractivity contribution < 1.29 is 22.7 Å². The molecule has 0 radical (unpaired) electrons. The van der Waals surface area contributed by atoms with E-state index in [9.17, 15) is 18.0 Å². The van der Waals surface area contributed by atoms with Crippen LogP contribution in [0.5, 0.6) is 5.75 Å². The molecule has 2 aromatic rings. The van der Waals surface area contributed by atoms with Crippen molar-refractivity contribution in [1.82, 2.24) is 4.90 Å². The third kappa shape index (κ3) is 2.50. The van der Waals surface area contributed by atoms with E-state index < -0.39 is 21.8 Å². The Hall–Kier alpha value is -2.87. The molecule has 24 heavy (non-hydrogen) atoms. The number of nitrogens with zero attached hydrogens (tertiary/aromatic N) is 1. The van der Waals surface area contributed by atoms with Crippen molar-refractivity contribution in [2.24, 2.45) is 0 Å². The number of rotatable bonds is 4. The van der Waals surface area contributed by atoms with E-state index in [0.717, 1.165) is 4.90 Å². The summed E-state index contributed by atoms with van der Waals surface area (Å²) in [5.74, 6) is -0.472. The fourth-order valence-corrected chi connectivity index (χ4v) is 3.52. The zero-order valence-electron chi connectivity index (χ0n) is 12.9. The number of anilines is 1. The zero-order valence-corrected chi connectivity index (χ0v) is 13.8. The van der Waals surface area contributed by atoms with Crippen LogP contribution in [0.1, 0.15) is 20.7 Å². The normalized spacial score (nSPS) is 13.8. The molecule has 2 amide bonds. The number of fused-ring (bicyclic) bond motifs is 1. The van der Waals surface area contributed by atoms with Gasteiger partial charge in [0.05, 0.1) is 28.8 Å². The van der Waals surface area contributed by atoms with Crippen LogP contribution in [0.25, 0.3) is 0 Å². The number of amides is 2. The minimum atomic E-state index is -3.91. The van der Waals surface area contributed by atoms with Gasteiger partial charge in [0.25, 0.3) is 21.8 Å². The lowest BCUT2D eigenvalue weighted by Gasteiger charge is -2.11. The van der Waals surface area contributed by atoms with E-state index in [1.54, 1.807) is 0 Å². The van der Waals surface area contributed by atoms with Crippen molar-refractivity contribution in [2.75, 3.05) is 18.9 Å². The fraction of sp³-hybridized carbons (Fsp3) is 0.125. The number of imide groups is 1. The smallest absolute Gasteiger partial charge is 0.263 e. The zero-order chi connectivity index (χ0) is 17.5. The molecule has 1 aliphatic heterocycles. The second-order valence-corrected chi connectivity index (χ2v) is 6.86. The summed E-state index contributed by atoms with van der Waals surface area (Å²) in [6.07, 6.45) is 0. The maximum atomic E-state index is 12.5. The molecule has 1 N–H and O–H groups in total. The molecule has 0 spiro atoms. The first-order valence-corrected chi connectivity index (χ1v) is 8.46. The highest BCUT2D eigenvalue weighted by atomic mass is 32.2. The van der Waals surface area contributed by atoms with Gasteiger partial charge in [-0.1, -0.05) is 6.07 Å². The summed E-state index contributed by atoms with van der Waals surface area (Å²) in [6, 6.07) is 10.3. The average molecular weight is 346 g/mol. The first kappa shape index (κ1) is 16.0. The van der Waals surface area contributed by atoms with Gasteiger partial charge < -0.3 is 4.74 Å². The van der Waals surface area contributed by atoms with Gasteiger partial charge in [-0.05, 0) is 36.4 Å². The van der Waals surface area contributed by atoms with E-state index >= 15 is 0 Å². The van der Waals surface area contributed by atoms with Gasteiger partial charge in [0.1, 0.15) is 5.75 Å². The minimum absolute atomic E-state index is 0.0195. The van der Waals surface area contributed by atoms with Gasteiger partial charge >= 0.3 is 0 Å². The molecule has 0 saturated heterocycles. The summed E-state index contributed by atoms with van der Waals surface area (Å²) >= 11 is 0. The highest BCUT2D eigenvalue weighted by molar-refractivity contribution is 7.92. The van der Waals surface area contributed by atoms with Gasteiger partial charge in [0.15, 0.2) is 0 Å². The van der Waals surface area contributed by atoms with Gasteiger partial charge in [-0.2, -0.15) is 0 Å². The molecule has 3 rings (SSSR count). The van der Waals surface area contributed by atoms with Gasteiger partial charge in [-0.25, -0.2) is 8.42 Å². The van der Waals surface area contributed by atoms with Crippen LogP contribution in [0.4, 0.5) is 5.69 Å². The van der Waals surface area contributed by atoms with E-state index in [-0.39, 0.29) is 21.7 Å². The second kappa shape index (κ2) is 5.64. The molecule has 0 fully saturated rings. The lowest BCUT2D eigenvalue weighted by molar-refractivity contribution is 0.0693. The summed E-state index contributed by atoms with van der Waals surface area (Å²) in [4.78, 5) is 25.1. The van der Waals surface area contributed by atoms with Gasteiger partial charge in [-0.15, -0.1) is 0 Å². The lowest BCUT2D eigenvalue weighted by atomic mass is 10.1. The van der Waals surface area contributed by atoms with Crippen LogP contribution in [0.3, 0.4) is 0 Å². The van der Waals surface area contributed by atoms with Crippen LogP contribution in [-0.4, -0.2) is 39.3 Å². The Labute approximate surface area is 138 Å². The average Bonchev–Trinajstić information content (AvgIpc) is 2.80. The number of sulfonamides is 1. The van der Waals surface area contributed by atoms with Gasteiger partial charge in [0.2, 0.25) is 0 Å². The number of ether oxygens (including phenoxy) is 1. The Balaban J connectivity index is 2.00. The number of nitrogens with one attached hydrogen (secondary N) is 1. The SMILES string of the molecule is COc1ccc(S(=O)(=O)Nc2cccc3c2C(=O)N(C)C3=O)cc1. The summed E-state index contributed by atoms with van der Waals surface area (Å²) in [7, 11) is -1.07. The quantitative estimate of drug-likeness (QED) is 0.851. The van der Waals surface area contributed by atoms with E-state index in [0.29, 0.717) is 5.75 Å². The molecule has 0 bridgehead atoms. The number of carbonyl (C=O) groups excluding carboxylic acids is 2. The standard InChI is InChI=1S/C16H14N2O5S/c1-18-15(19)12-4-3-5-13(14(12)16(18)20)17-24(21,22)11-8-6-10(23-2)7-9-11/h3-9,17H,1-2H3. The van der Waals surface area contributed by atoms with Crippen LogP contribution in [-0.2, 0) is 10.0 Å². The number of methoxy groups -OCH3 is 1. The second-order valence-electron chi connectivity index (χ2n) is 5.18. The number of hydrogen-bond donors (Lipinski definition) is 1. The molecular weight excluding hydrogens is 332 g/mol. The Morgan fingerprint density at radius 3 is 2.29 bits per heavy atom. The van der Waals surface area contributed by atoms with Crippen molar-refractivity contribution in [1.29, 1.82) is 0 Å². The van der Waals surface area contributed by atoms with E-state index in [1.807, 2.05) is 0 Å². The van der Waals surface area contributed by atoms with Crippen molar-refractivity contribution in [3.63, 3.8) is 0 Å². The van der Waals surface area contributed by atoms with Crippen molar-refractivity contribution in [2.45, 2.75) is 4.90 Å². The number of carbonyl (C=O) groups is 2. The van der Waals surface area contributed by atoms with Crippen molar-refractivity contribution in [3.8, 4) is 5.75 Å². The summed E-state index contributed by atoms with van der Waals surface area (Å²) in [5.41, 5.74) is 0.311. The molecule has 124 valence electrons. The molecule has 7 nitrogen and oxygen atoms in total. The topological polar surface area (TPSA) is 92.8 Å². The fourth-order valence-electron chi connectivity index (χ4n) is 2.45. The van der Waals surface area contributed by atoms with Crippen LogP contribution >= 0.6 is 0 Å². The van der Waals surface area contributed by atoms with Crippen LogP contribution in [0, 0.1) is 0 Å².